The summed E-state index contributed by atoms with van der Waals surface area (Å²) < 4.78 is 5.39. The maximum absolute atomic E-state index is 6.37. The quantitative estimate of drug-likeness (QED) is 0.874. The Morgan fingerprint density at radius 2 is 1.95 bits per heavy atom. The molecule has 116 valence electrons. The number of nitrogens with zero attached hydrogens (tertiary/aromatic N) is 2. The van der Waals surface area contributed by atoms with E-state index in [1.54, 1.807) is 11.8 Å². The summed E-state index contributed by atoms with van der Waals surface area (Å²) in [6.07, 6.45) is 7.97. The van der Waals surface area contributed by atoms with Crippen LogP contribution in [0, 0.1) is 0 Å². The highest BCUT2D eigenvalue weighted by molar-refractivity contribution is 7.98. The molecule has 0 aliphatic heterocycles. The molecule has 0 saturated heterocycles. The average molecular weight is 315 g/mol. The third-order valence-electron chi connectivity index (χ3n) is 4.84. The van der Waals surface area contributed by atoms with Gasteiger partial charge in [-0.1, -0.05) is 24.1 Å². The Bertz CT molecular complexity index is 676. The summed E-state index contributed by atoms with van der Waals surface area (Å²) in [5, 5.41) is 4.12. The van der Waals surface area contributed by atoms with Crippen molar-refractivity contribution >= 4 is 11.8 Å². The lowest BCUT2D eigenvalue weighted by molar-refractivity contribution is 0.355. The lowest BCUT2D eigenvalue weighted by atomic mass is 9.99. The Balaban J connectivity index is 1.43. The predicted molar refractivity (Wildman–Crippen MR) is 86.7 cm³/mol. The van der Waals surface area contributed by atoms with Gasteiger partial charge in [0.2, 0.25) is 5.89 Å². The molecule has 0 spiro atoms. The smallest absolute Gasteiger partial charge is 0.237 e. The maximum atomic E-state index is 6.37. The van der Waals surface area contributed by atoms with E-state index >= 15 is 0 Å². The Hall–Kier alpha value is -1.33. The van der Waals surface area contributed by atoms with Gasteiger partial charge in [-0.15, -0.1) is 11.8 Å². The lowest BCUT2D eigenvalue weighted by Gasteiger charge is -2.17. The van der Waals surface area contributed by atoms with E-state index in [-0.39, 0.29) is 5.54 Å². The Labute approximate surface area is 134 Å². The van der Waals surface area contributed by atoms with Crippen LogP contribution in [-0.4, -0.2) is 10.1 Å². The molecule has 0 atom stereocenters. The zero-order valence-corrected chi connectivity index (χ0v) is 13.5. The van der Waals surface area contributed by atoms with Gasteiger partial charge in [0.05, 0.1) is 11.3 Å². The second kappa shape index (κ2) is 5.70. The summed E-state index contributed by atoms with van der Waals surface area (Å²) >= 11 is 1.76. The van der Waals surface area contributed by atoms with E-state index in [1.807, 2.05) is 0 Å². The number of fused-ring (bicyclic) bond motifs is 1. The van der Waals surface area contributed by atoms with E-state index in [2.05, 4.69) is 28.3 Å². The largest absolute Gasteiger partial charge is 0.338 e. The highest BCUT2D eigenvalue weighted by Crippen LogP contribution is 2.35. The van der Waals surface area contributed by atoms with E-state index in [0.29, 0.717) is 17.5 Å². The van der Waals surface area contributed by atoms with Gasteiger partial charge in [-0.25, -0.2) is 0 Å². The lowest BCUT2D eigenvalue weighted by Crippen LogP contribution is -2.34. The molecule has 1 aromatic heterocycles. The number of aryl methyl sites for hydroxylation is 2. The molecule has 2 aliphatic carbocycles. The van der Waals surface area contributed by atoms with E-state index in [0.717, 1.165) is 25.7 Å². The van der Waals surface area contributed by atoms with Gasteiger partial charge >= 0.3 is 0 Å². The van der Waals surface area contributed by atoms with Crippen LogP contribution >= 0.6 is 11.8 Å². The van der Waals surface area contributed by atoms with Crippen molar-refractivity contribution in [2.45, 2.75) is 61.1 Å². The van der Waals surface area contributed by atoms with Crippen molar-refractivity contribution in [2.24, 2.45) is 5.73 Å². The second-order valence-corrected chi connectivity index (χ2v) is 7.50. The number of benzene rings is 1. The van der Waals surface area contributed by atoms with Crippen LogP contribution in [0.4, 0.5) is 0 Å². The zero-order valence-electron chi connectivity index (χ0n) is 12.7. The first-order chi connectivity index (χ1) is 10.7. The molecule has 1 saturated carbocycles. The van der Waals surface area contributed by atoms with Crippen LogP contribution in [0.25, 0.3) is 0 Å². The molecular formula is C17H21N3OS. The fourth-order valence-electron chi connectivity index (χ4n) is 3.53. The highest BCUT2D eigenvalue weighted by atomic mass is 32.2. The van der Waals surface area contributed by atoms with Crippen molar-refractivity contribution < 1.29 is 4.52 Å². The van der Waals surface area contributed by atoms with Gasteiger partial charge < -0.3 is 10.3 Å². The minimum Gasteiger partial charge on any atom is -0.338 e. The summed E-state index contributed by atoms with van der Waals surface area (Å²) in [6, 6.07) is 6.77. The van der Waals surface area contributed by atoms with Gasteiger partial charge in [-0.3, -0.25) is 0 Å². The van der Waals surface area contributed by atoms with Crippen molar-refractivity contribution in [1.82, 2.24) is 10.1 Å². The molecule has 4 rings (SSSR count). The molecule has 1 heterocycles. The molecule has 0 unspecified atom stereocenters. The second-order valence-electron chi connectivity index (χ2n) is 6.45. The monoisotopic (exact) mass is 315 g/mol. The fraction of sp³-hybridized carbons (Fsp3) is 0.529. The van der Waals surface area contributed by atoms with Gasteiger partial charge in [-0.2, -0.15) is 4.98 Å². The molecule has 0 bridgehead atoms. The minimum absolute atomic E-state index is 0.361. The van der Waals surface area contributed by atoms with Gasteiger partial charge in [0, 0.05) is 4.90 Å². The molecule has 4 nitrogen and oxygen atoms in total. The van der Waals surface area contributed by atoms with Crippen LogP contribution < -0.4 is 5.73 Å². The van der Waals surface area contributed by atoms with E-state index in [4.69, 9.17) is 10.3 Å². The molecule has 1 aromatic carbocycles. The first-order valence-electron chi connectivity index (χ1n) is 8.09. The minimum atomic E-state index is -0.361. The number of aromatic nitrogens is 2. The number of hydrogen-bond donors (Lipinski definition) is 1. The summed E-state index contributed by atoms with van der Waals surface area (Å²) in [6.45, 7) is 0. The number of thioether (sulfide) groups is 1. The molecule has 2 N–H and O–H groups in total. The summed E-state index contributed by atoms with van der Waals surface area (Å²) in [5.74, 6) is 2.08. The molecule has 2 aliphatic rings. The van der Waals surface area contributed by atoms with Crippen LogP contribution in [0.15, 0.2) is 27.6 Å². The van der Waals surface area contributed by atoms with Crippen molar-refractivity contribution in [3.63, 3.8) is 0 Å². The Kier molecular flexibility index (Phi) is 3.70. The molecule has 0 amide bonds. The van der Waals surface area contributed by atoms with Crippen molar-refractivity contribution in [1.29, 1.82) is 0 Å². The molecular weight excluding hydrogens is 294 g/mol. The number of nitrogens with two attached hydrogens (primary N) is 1. The van der Waals surface area contributed by atoms with Crippen molar-refractivity contribution in [3.05, 3.63) is 41.0 Å². The van der Waals surface area contributed by atoms with Crippen LogP contribution in [0.5, 0.6) is 0 Å². The van der Waals surface area contributed by atoms with Gasteiger partial charge in [0.25, 0.3) is 0 Å². The topological polar surface area (TPSA) is 64.9 Å². The fourth-order valence-corrected chi connectivity index (χ4v) is 4.33. The third kappa shape index (κ3) is 2.68. The van der Waals surface area contributed by atoms with Crippen LogP contribution in [0.1, 0.15) is 54.9 Å². The summed E-state index contributed by atoms with van der Waals surface area (Å²) in [7, 11) is 0. The van der Waals surface area contributed by atoms with E-state index in [9.17, 15) is 0 Å². The van der Waals surface area contributed by atoms with Crippen LogP contribution in [0.3, 0.4) is 0 Å². The predicted octanol–water partition coefficient (Wildman–Crippen LogP) is 3.58. The highest BCUT2D eigenvalue weighted by Gasteiger charge is 2.35. The molecule has 2 aromatic rings. The standard InChI is InChI=1S/C17H21N3OS/c18-17(8-1-2-9-17)16-19-15(21-20-16)11-22-14-7-6-12-4-3-5-13(12)10-14/h6-7,10H,1-5,8-9,11,18H2. The number of rotatable bonds is 4. The van der Waals surface area contributed by atoms with Crippen molar-refractivity contribution in [2.75, 3.05) is 0 Å². The SMILES string of the molecule is NC1(c2noc(CSc3ccc4c(c3)CCC4)n2)CCCC1. The van der Waals surface area contributed by atoms with Gasteiger partial charge in [0.15, 0.2) is 5.82 Å². The van der Waals surface area contributed by atoms with E-state index in [1.165, 1.54) is 35.3 Å². The van der Waals surface area contributed by atoms with Crippen molar-refractivity contribution in [3.8, 4) is 0 Å². The van der Waals surface area contributed by atoms with Crippen LogP contribution in [-0.2, 0) is 24.1 Å². The maximum Gasteiger partial charge on any atom is 0.237 e. The summed E-state index contributed by atoms with van der Waals surface area (Å²) in [5.41, 5.74) is 9.02. The molecule has 1 fully saturated rings. The molecule has 22 heavy (non-hydrogen) atoms. The first-order valence-corrected chi connectivity index (χ1v) is 9.08. The van der Waals surface area contributed by atoms with Gasteiger partial charge in [0.1, 0.15) is 0 Å². The third-order valence-corrected chi connectivity index (χ3v) is 5.82. The molecule has 5 heteroatoms. The Morgan fingerprint density at radius 1 is 1.14 bits per heavy atom. The van der Waals surface area contributed by atoms with E-state index < -0.39 is 0 Å². The van der Waals surface area contributed by atoms with Crippen LogP contribution in [0.2, 0.25) is 0 Å². The zero-order chi connectivity index (χ0) is 15.0. The van der Waals surface area contributed by atoms with Gasteiger partial charge in [-0.05, 0) is 55.4 Å². The number of hydrogen-bond acceptors (Lipinski definition) is 5. The molecule has 0 radical (unpaired) electrons. The normalized spacial score (nSPS) is 19.5. The first kappa shape index (κ1) is 14.3. The summed E-state index contributed by atoms with van der Waals surface area (Å²) in [4.78, 5) is 5.81. The Morgan fingerprint density at radius 3 is 2.82 bits per heavy atom. The average Bonchev–Trinajstić information content (AvgIpc) is 3.25.